The number of imidazole rings is 1. The third-order valence-corrected chi connectivity index (χ3v) is 3.10. The highest BCUT2D eigenvalue weighted by Crippen LogP contribution is 2.33. The second-order valence-corrected chi connectivity index (χ2v) is 4.80. The van der Waals surface area contributed by atoms with E-state index in [0.29, 0.717) is 25.4 Å². The van der Waals surface area contributed by atoms with Crippen LogP contribution in [0, 0.1) is 0 Å². The lowest BCUT2D eigenvalue weighted by Crippen LogP contribution is -2.25. The van der Waals surface area contributed by atoms with E-state index in [1.165, 1.54) is 0 Å². The largest absolute Gasteiger partial charge is 0.349 e. The number of rotatable bonds is 5. The van der Waals surface area contributed by atoms with Crippen LogP contribution in [0.25, 0.3) is 0 Å². The van der Waals surface area contributed by atoms with Crippen molar-refractivity contribution >= 4 is 5.91 Å². The van der Waals surface area contributed by atoms with E-state index in [1.54, 1.807) is 28.1 Å². The summed E-state index contributed by atoms with van der Waals surface area (Å²) in [5.41, 5.74) is 0.0600. The van der Waals surface area contributed by atoms with Gasteiger partial charge in [0, 0.05) is 45.5 Å². The lowest BCUT2D eigenvalue weighted by atomic mass is 10.3. The monoisotopic (exact) mass is 237 g/mol. The normalized spacial score (nSPS) is 14.9. The number of nitrogens with zero attached hydrogens (tertiary/aromatic N) is 3. The van der Waals surface area contributed by atoms with E-state index in [9.17, 15) is 9.59 Å². The van der Waals surface area contributed by atoms with Crippen molar-refractivity contribution in [2.75, 3.05) is 14.1 Å². The fourth-order valence-electron chi connectivity index (χ4n) is 1.85. The molecule has 0 N–H and O–H groups in total. The lowest BCUT2D eigenvalue weighted by Gasteiger charge is -2.09. The molecule has 0 atom stereocenters. The predicted octanol–water partition coefficient (Wildman–Crippen LogP) is 0.853. The summed E-state index contributed by atoms with van der Waals surface area (Å²) >= 11 is 0. The molecule has 0 spiro atoms. The first-order valence-corrected chi connectivity index (χ1v) is 6.07. The van der Waals surface area contributed by atoms with Gasteiger partial charge in [-0.1, -0.05) is 0 Å². The molecular weight excluding hydrogens is 218 g/mol. The van der Waals surface area contributed by atoms with Gasteiger partial charge in [0.05, 0.1) is 0 Å². The Hall–Kier alpha value is -1.52. The van der Waals surface area contributed by atoms with Crippen LogP contribution >= 0.6 is 0 Å². The maximum Gasteiger partial charge on any atom is 0.328 e. The Kier molecular flexibility index (Phi) is 3.36. The van der Waals surface area contributed by atoms with Gasteiger partial charge >= 0.3 is 5.69 Å². The topological polar surface area (TPSA) is 47.2 Å². The maximum atomic E-state index is 11.9. The fourth-order valence-corrected chi connectivity index (χ4v) is 1.85. The van der Waals surface area contributed by atoms with Gasteiger partial charge in [0.1, 0.15) is 0 Å². The minimum absolute atomic E-state index is 0.0600. The van der Waals surface area contributed by atoms with Crippen molar-refractivity contribution in [3.8, 4) is 0 Å². The number of aromatic nitrogens is 2. The summed E-state index contributed by atoms with van der Waals surface area (Å²) < 4.78 is 3.50. The van der Waals surface area contributed by atoms with Gasteiger partial charge < -0.3 is 4.90 Å². The minimum Gasteiger partial charge on any atom is -0.349 e. The number of hydrogen-bond donors (Lipinski definition) is 0. The summed E-state index contributed by atoms with van der Waals surface area (Å²) in [4.78, 5) is 24.8. The van der Waals surface area contributed by atoms with Gasteiger partial charge in [0.25, 0.3) is 0 Å². The SMILES string of the molecule is CN(C)C(=O)CCCn1ccn(C2CC2)c1=O. The van der Waals surface area contributed by atoms with E-state index < -0.39 is 0 Å². The van der Waals surface area contributed by atoms with Crippen molar-refractivity contribution in [3.05, 3.63) is 22.9 Å². The molecule has 2 rings (SSSR count). The van der Waals surface area contributed by atoms with Gasteiger partial charge in [-0.2, -0.15) is 0 Å². The van der Waals surface area contributed by atoms with Crippen LogP contribution in [0.3, 0.4) is 0 Å². The van der Waals surface area contributed by atoms with Crippen molar-refractivity contribution in [1.82, 2.24) is 14.0 Å². The second kappa shape index (κ2) is 4.77. The molecule has 0 aliphatic heterocycles. The van der Waals surface area contributed by atoms with Crippen LogP contribution in [-0.4, -0.2) is 34.0 Å². The third-order valence-electron chi connectivity index (χ3n) is 3.10. The standard InChI is InChI=1S/C12H19N3O2/c1-13(2)11(16)4-3-7-14-8-9-15(12(14)17)10-5-6-10/h8-10H,3-7H2,1-2H3. The summed E-state index contributed by atoms with van der Waals surface area (Å²) in [6.45, 7) is 0.623. The Morgan fingerprint density at radius 3 is 2.71 bits per heavy atom. The number of carbonyl (C=O) groups is 1. The van der Waals surface area contributed by atoms with Crippen molar-refractivity contribution in [1.29, 1.82) is 0 Å². The average Bonchev–Trinajstić information content (AvgIpc) is 3.05. The van der Waals surface area contributed by atoms with Crippen molar-refractivity contribution in [2.45, 2.75) is 38.3 Å². The van der Waals surface area contributed by atoms with Gasteiger partial charge in [-0.15, -0.1) is 0 Å². The van der Waals surface area contributed by atoms with Crippen LogP contribution in [0.4, 0.5) is 0 Å². The molecule has 5 heteroatoms. The lowest BCUT2D eigenvalue weighted by molar-refractivity contribution is -0.128. The van der Waals surface area contributed by atoms with Crippen LogP contribution in [-0.2, 0) is 11.3 Å². The summed E-state index contributed by atoms with van der Waals surface area (Å²) in [6.07, 6.45) is 7.11. The van der Waals surface area contributed by atoms with E-state index >= 15 is 0 Å². The van der Waals surface area contributed by atoms with E-state index in [2.05, 4.69) is 0 Å². The van der Waals surface area contributed by atoms with Crippen LogP contribution in [0.5, 0.6) is 0 Å². The Labute approximate surface area is 101 Å². The Balaban J connectivity index is 1.87. The van der Waals surface area contributed by atoms with Crippen LogP contribution < -0.4 is 5.69 Å². The molecular formula is C12H19N3O2. The zero-order valence-electron chi connectivity index (χ0n) is 10.4. The molecule has 1 aliphatic carbocycles. The molecule has 1 heterocycles. The molecule has 17 heavy (non-hydrogen) atoms. The molecule has 0 bridgehead atoms. The van der Waals surface area contributed by atoms with E-state index in [1.807, 2.05) is 12.4 Å². The second-order valence-electron chi connectivity index (χ2n) is 4.80. The van der Waals surface area contributed by atoms with E-state index in [0.717, 1.165) is 12.8 Å². The van der Waals surface area contributed by atoms with Gasteiger partial charge in [-0.05, 0) is 19.3 Å². The summed E-state index contributed by atoms with van der Waals surface area (Å²) in [5.74, 6) is 0.111. The summed E-state index contributed by atoms with van der Waals surface area (Å²) in [5, 5.41) is 0. The third kappa shape index (κ3) is 2.78. The molecule has 5 nitrogen and oxygen atoms in total. The minimum atomic E-state index is 0.0600. The highest BCUT2D eigenvalue weighted by atomic mass is 16.2. The highest BCUT2D eigenvalue weighted by Gasteiger charge is 2.25. The fraction of sp³-hybridized carbons (Fsp3) is 0.667. The molecule has 0 radical (unpaired) electrons. The average molecular weight is 237 g/mol. The number of carbonyl (C=O) groups excluding carboxylic acids is 1. The van der Waals surface area contributed by atoms with Gasteiger partial charge in [0.15, 0.2) is 0 Å². The van der Waals surface area contributed by atoms with Gasteiger partial charge in [0.2, 0.25) is 5.91 Å². The number of hydrogen-bond acceptors (Lipinski definition) is 2. The first-order chi connectivity index (χ1) is 8.09. The number of aryl methyl sites for hydroxylation is 1. The predicted molar refractivity (Wildman–Crippen MR) is 64.9 cm³/mol. The molecule has 0 saturated heterocycles. The summed E-state index contributed by atoms with van der Waals surface area (Å²) in [7, 11) is 3.50. The van der Waals surface area contributed by atoms with Crippen LogP contribution in [0.15, 0.2) is 17.2 Å². The molecule has 1 fully saturated rings. The smallest absolute Gasteiger partial charge is 0.328 e. The maximum absolute atomic E-state index is 11.9. The molecule has 0 unspecified atom stereocenters. The molecule has 1 amide bonds. The molecule has 1 saturated carbocycles. The van der Waals surface area contributed by atoms with Crippen LogP contribution in [0.2, 0.25) is 0 Å². The Morgan fingerprint density at radius 2 is 2.12 bits per heavy atom. The Morgan fingerprint density at radius 1 is 1.41 bits per heavy atom. The van der Waals surface area contributed by atoms with E-state index in [-0.39, 0.29) is 11.6 Å². The first-order valence-electron chi connectivity index (χ1n) is 6.07. The molecule has 94 valence electrons. The molecule has 0 aromatic carbocycles. The van der Waals surface area contributed by atoms with Crippen molar-refractivity contribution in [2.24, 2.45) is 0 Å². The molecule has 1 aromatic rings. The van der Waals surface area contributed by atoms with Gasteiger partial charge in [-0.25, -0.2) is 4.79 Å². The van der Waals surface area contributed by atoms with Crippen molar-refractivity contribution in [3.63, 3.8) is 0 Å². The first kappa shape index (κ1) is 12.0. The Bertz CT molecular complexity index is 455. The van der Waals surface area contributed by atoms with Crippen LogP contribution in [0.1, 0.15) is 31.7 Å². The zero-order valence-corrected chi connectivity index (χ0v) is 10.4. The number of amides is 1. The zero-order chi connectivity index (χ0) is 12.4. The molecule has 1 aromatic heterocycles. The van der Waals surface area contributed by atoms with Crippen molar-refractivity contribution < 1.29 is 4.79 Å². The van der Waals surface area contributed by atoms with Gasteiger partial charge in [-0.3, -0.25) is 13.9 Å². The summed E-state index contributed by atoms with van der Waals surface area (Å²) in [6, 6.07) is 0.423. The quantitative estimate of drug-likeness (QED) is 0.762. The van der Waals surface area contributed by atoms with E-state index in [4.69, 9.17) is 0 Å². The highest BCUT2D eigenvalue weighted by molar-refractivity contribution is 5.75. The molecule has 1 aliphatic rings.